The molecule has 0 saturated carbocycles. The van der Waals surface area contributed by atoms with Gasteiger partial charge in [-0.15, -0.1) is 0 Å². The van der Waals surface area contributed by atoms with E-state index in [1.807, 2.05) is 6.92 Å². The van der Waals surface area contributed by atoms with Gasteiger partial charge in [-0.3, -0.25) is 0 Å². The number of hydrogen-bond donors (Lipinski definition) is 2. The summed E-state index contributed by atoms with van der Waals surface area (Å²) in [5.41, 5.74) is 2.37. The minimum absolute atomic E-state index is 0.00106. The van der Waals surface area contributed by atoms with Crippen molar-refractivity contribution in [1.82, 2.24) is 0 Å². The average molecular weight is 451 g/mol. The summed E-state index contributed by atoms with van der Waals surface area (Å²) in [6.45, 7) is 11.5. The Bertz CT molecular complexity index is 1310. The minimum atomic E-state index is -1.36. The van der Waals surface area contributed by atoms with Gasteiger partial charge < -0.3 is 19.4 Å². The Balaban J connectivity index is 2.01. The third-order valence-corrected chi connectivity index (χ3v) is 6.79. The van der Waals surface area contributed by atoms with Gasteiger partial charge in [-0.2, -0.15) is 0 Å². The summed E-state index contributed by atoms with van der Waals surface area (Å²) in [7, 11) is 0. The molecule has 1 aliphatic carbocycles. The number of carboxylic acid groups (broad SMARTS) is 1. The van der Waals surface area contributed by atoms with Gasteiger partial charge in [0.1, 0.15) is 22.6 Å². The van der Waals surface area contributed by atoms with Crippen LogP contribution in [-0.2, 0) is 10.8 Å². The zero-order valence-electron chi connectivity index (χ0n) is 19.7. The summed E-state index contributed by atoms with van der Waals surface area (Å²) in [6, 6.07) is 8.49. The van der Waals surface area contributed by atoms with Gasteiger partial charge in [0.25, 0.3) is 0 Å². The molecule has 0 atom stereocenters. The average Bonchev–Trinajstić information content (AvgIpc) is 2.74. The van der Waals surface area contributed by atoms with E-state index in [0.717, 1.165) is 24.8 Å². The number of phenolic OH excluding ortho intramolecular Hbond substituents is 1. The third-order valence-electron chi connectivity index (χ3n) is 6.79. The molecule has 33 heavy (non-hydrogen) atoms. The second-order valence-corrected chi connectivity index (χ2v) is 10.2. The molecule has 0 fully saturated rings. The van der Waals surface area contributed by atoms with Gasteiger partial charge in [0.2, 0.25) is 0 Å². The normalized spacial score (nSPS) is 16.4. The van der Waals surface area contributed by atoms with E-state index >= 15 is 0 Å². The Morgan fingerprint density at radius 1 is 1.00 bits per heavy atom. The highest BCUT2D eigenvalue weighted by molar-refractivity contribution is 5.94. The first-order valence-electron chi connectivity index (χ1n) is 11.3. The van der Waals surface area contributed by atoms with E-state index < -0.39 is 17.2 Å². The van der Waals surface area contributed by atoms with Gasteiger partial charge in [0.15, 0.2) is 0 Å². The highest BCUT2D eigenvalue weighted by Gasteiger charge is 2.38. The van der Waals surface area contributed by atoms with Crippen molar-refractivity contribution in [3.8, 4) is 22.6 Å². The van der Waals surface area contributed by atoms with Crippen LogP contribution in [0.5, 0.6) is 11.5 Å². The lowest BCUT2D eigenvalue weighted by Crippen LogP contribution is -2.34. The van der Waals surface area contributed by atoms with Crippen molar-refractivity contribution >= 4 is 16.9 Å². The molecule has 0 radical (unpaired) electrons. The number of fused-ring (bicyclic) bond motifs is 2. The molecule has 6 heteroatoms. The summed E-state index contributed by atoms with van der Waals surface area (Å²) in [4.78, 5) is 23.4. The Labute approximate surface area is 192 Å². The maximum Gasteiger partial charge on any atom is 0.351 e. The van der Waals surface area contributed by atoms with Crippen LogP contribution in [0.3, 0.4) is 0 Å². The van der Waals surface area contributed by atoms with Crippen molar-refractivity contribution in [3.63, 3.8) is 0 Å². The number of aromatic carboxylic acids is 1. The fourth-order valence-electron chi connectivity index (χ4n) is 4.66. The zero-order valence-corrected chi connectivity index (χ0v) is 19.7. The molecular weight excluding hydrogens is 420 g/mol. The van der Waals surface area contributed by atoms with Crippen LogP contribution in [-0.4, -0.2) is 22.8 Å². The number of ether oxygens (including phenoxy) is 1. The third kappa shape index (κ3) is 3.99. The summed E-state index contributed by atoms with van der Waals surface area (Å²) < 4.78 is 11.3. The molecule has 0 unspecified atom stereocenters. The van der Waals surface area contributed by atoms with Crippen LogP contribution in [0.4, 0.5) is 0 Å². The van der Waals surface area contributed by atoms with Crippen LogP contribution >= 0.6 is 0 Å². The fraction of sp³-hybridized carbons (Fsp3) is 0.407. The van der Waals surface area contributed by atoms with Gasteiger partial charge in [-0.1, -0.05) is 34.6 Å². The maximum absolute atomic E-state index is 12.0. The quantitative estimate of drug-likeness (QED) is 0.463. The zero-order chi connectivity index (χ0) is 24.1. The molecular formula is C27H30O6. The highest BCUT2D eigenvalue weighted by Crippen LogP contribution is 2.50. The molecule has 174 valence electrons. The van der Waals surface area contributed by atoms with E-state index in [4.69, 9.17) is 9.15 Å². The van der Waals surface area contributed by atoms with Crippen molar-refractivity contribution in [3.05, 3.63) is 57.4 Å². The number of aromatic hydroxyl groups is 1. The molecule has 0 saturated heterocycles. The first kappa shape index (κ1) is 22.9. The lowest BCUT2D eigenvalue weighted by atomic mass is 9.62. The summed E-state index contributed by atoms with van der Waals surface area (Å²) in [5.74, 6) is -0.750. The molecule has 0 amide bonds. The smallest absolute Gasteiger partial charge is 0.351 e. The first-order valence-corrected chi connectivity index (χ1v) is 11.3. The number of hydrogen-bond acceptors (Lipinski definition) is 5. The largest absolute Gasteiger partial charge is 0.507 e. The fourth-order valence-corrected chi connectivity index (χ4v) is 4.66. The van der Waals surface area contributed by atoms with Gasteiger partial charge >= 0.3 is 11.6 Å². The highest BCUT2D eigenvalue weighted by atomic mass is 16.5. The summed E-state index contributed by atoms with van der Waals surface area (Å²) in [5, 5.41) is 20.6. The van der Waals surface area contributed by atoms with Crippen LogP contribution in [0, 0.1) is 0 Å². The number of rotatable bonds is 5. The lowest BCUT2D eigenvalue weighted by molar-refractivity contribution is 0.0692. The second kappa shape index (κ2) is 7.94. The van der Waals surface area contributed by atoms with Crippen LogP contribution < -0.4 is 10.4 Å². The SMILES string of the molecule is CCCOc1cc2c(cc1-c1cc3cc(C(=O)O)c(=O)oc3cc1O)C(C)(C)CCC2(C)C. The Morgan fingerprint density at radius 2 is 1.64 bits per heavy atom. The van der Waals surface area contributed by atoms with E-state index in [1.54, 1.807) is 6.07 Å². The Hall–Kier alpha value is -3.28. The van der Waals surface area contributed by atoms with E-state index in [2.05, 4.69) is 39.8 Å². The van der Waals surface area contributed by atoms with Crippen molar-refractivity contribution in [2.45, 2.75) is 64.7 Å². The van der Waals surface area contributed by atoms with Crippen molar-refractivity contribution < 1.29 is 24.2 Å². The van der Waals surface area contributed by atoms with E-state index in [-0.39, 0.29) is 22.2 Å². The van der Waals surface area contributed by atoms with Gasteiger partial charge in [-0.25, -0.2) is 9.59 Å². The lowest BCUT2D eigenvalue weighted by Gasteiger charge is -2.42. The van der Waals surface area contributed by atoms with E-state index in [0.29, 0.717) is 23.3 Å². The predicted molar refractivity (Wildman–Crippen MR) is 128 cm³/mol. The monoisotopic (exact) mass is 450 g/mol. The van der Waals surface area contributed by atoms with Crippen molar-refractivity contribution in [2.24, 2.45) is 0 Å². The van der Waals surface area contributed by atoms with E-state index in [1.165, 1.54) is 23.3 Å². The predicted octanol–water partition coefficient (Wildman–Crippen LogP) is 6.00. The van der Waals surface area contributed by atoms with Crippen LogP contribution in [0.25, 0.3) is 22.1 Å². The molecule has 2 aromatic carbocycles. The molecule has 2 N–H and O–H groups in total. The molecule has 1 heterocycles. The summed E-state index contributed by atoms with van der Waals surface area (Å²) in [6.07, 6.45) is 2.94. The van der Waals surface area contributed by atoms with Crippen molar-refractivity contribution in [1.29, 1.82) is 0 Å². The van der Waals surface area contributed by atoms with Crippen LogP contribution in [0.2, 0.25) is 0 Å². The van der Waals surface area contributed by atoms with Gasteiger partial charge in [0, 0.05) is 22.6 Å². The number of carboxylic acids is 1. The number of benzene rings is 2. The molecule has 0 spiro atoms. The molecule has 3 aromatic rings. The Kier molecular flexibility index (Phi) is 5.51. The van der Waals surface area contributed by atoms with Gasteiger partial charge in [0.05, 0.1) is 6.61 Å². The van der Waals surface area contributed by atoms with Crippen LogP contribution in [0.15, 0.2) is 39.5 Å². The van der Waals surface area contributed by atoms with Crippen molar-refractivity contribution in [2.75, 3.05) is 6.61 Å². The molecule has 0 bridgehead atoms. The molecule has 1 aliphatic rings. The Morgan fingerprint density at radius 3 is 2.24 bits per heavy atom. The first-order chi connectivity index (χ1) is 15.4. The van der Waals surface area contributed by atoms with Crippen LogP contribution in [0.1, 0.15) is 75.4 Å². The van der Waals surface area contributed by atoms with Gasteiger partial charge in [-0.05, 0) is 65.5 Å². The standard InChI is InChI=1S/C27H30O6/c1-6-9-32-23-13-20-19(26(2,3)7-8-27(20,4)5)12-17(23)16-10-15-11-18(24(29)30)25(31)33-22(15)14-21(16)28/h10-14,28H,6-9H2,1-5H3,(H,29,30). The molecule has 4 rings (SSSR count). The number of phenols is 1. The van der Waals surface area contributed by atoms with E-state index in [9.17, 15) is 19.8 Å². The molecule has 6 nitrogen and oxygen atoms in total. The maximum atomic E-state index is 12.0. The molecule has 1 aromatic heterocycles. The minimum Gasteiger partial charge on any atom is -0.507 e. The molecule has 0 aliphatic heterocycles. The topological polar surface area (TPSA) is 97.0 Å². The second-order valence-electron chi connectivity index (χ2n) is 10.2. The summed E-state index contributed by atoms with van der Waals surface area (Å²) >= 11 is 0. The number of carbonyl (C=O) groups is 1.